The first kappa shape index (κ1) is 14.4. The molecule has 3 aliphatic rings. The Morgan fingerprint density at radius 3 is 2.77 bits per heavy atom. The Morgan fingerprint density at radius 2 is 2.00 bits per heavy atom. The second kappa shape index (κ2) is 6.14. The molecule has 0 saturated carbocycles. The van der Waals surface area contributed by atoms with Crippen molar-refractivity contribution in [2.45, 2.75) is 43.4 Å². The standard InChI is InChI=1S/C17H24N2O3/c1-2-7-18-16(3-1)22-15-6-10-21-17(11-15)12-19(13-17)14-4-8-20-9-5-14/h1-3,7,14-15H,4-6,8-13H2/t15-/m1/s1. The van der Waals surface area contributed by atoms with E-state index >= 15 is 0 Å². The predicted molar refractivity (Wildman–Crippen MR) is 82.0 cm³/mol. The molecule has 0 unspecified atom stereocenters. The summed E-state index contributed by atoms with van der Waals surface area (Å²) in [6.07, 6.45) is 6.24. The molecule has 0 aliphatic carbocycles. The van der Waals surface area contributed by atoms with Gasteiger partial charge >= 0.3 is 0 Å². The Hall–Kier alpha value is -1.17. The van der Waals surface area contributed by atoms with E-state index in [-0.39, 0.29) is 11.7 Å². The number of ether oxygens (including phenoxy) is 3. The Labute approximate surface area is 131 Å². The van der Waals surface area contributed by atoms with Gasteiger partial charge in [-0.05, 0) is 18.9 Å². The Morgan fingerprint density at radius 1 is 1.14 bits per heavy atom. The van der Waals surface area contributed by atoms with Crippen LogP contribution in [0.5, 0.6) is 5.88 Å². The lowest BCUT2D eigenvalue weighted by Gasteiger charge is -2.56. The molecule has 5 heteroatoms. The van der Waals surface area contributed by atoms with Crippen LogP contribution in [0.3, 0.4) is 0 Å². The number of pyridine rings is 1. The van der Waals surface area contributed by atoms with Crippen molar-refractivity contribution in [2.75, 3.05) is 32.9 Å². The molecule has 4 heterocycles. The fourth-order valence-corrected chi connectivity index (χ4v) is 3.89. The van der Waals surface area contributed by atoms with E-state index in [0.29, 0.717) is 6.04 Å². The summed E-state index contributed by atoms with van der Waals surface area (Å²) in [5, 5.41) is 0. The van der Waals surface area contributed by atoms with E-state index in [1.807, 2.05) is 18.2 Å². The third kappa shape index (κ3) is 2.98. The average molecular weight is 304 g/mol. The second-order valence-corrected chi connectivity index (χ2v) is 6.68. The molecule has 1 atom stereocenters. The number of rotatable bonds is 3. The van der Waals surface area contributed by atoms with Crippen molar-refractivity contribution in [1.82, 2.24) is 9.88 Å². The van der Waals surface area contributed by atoms with Gasteiger partial charge in [-0.15, -0.1) is 0 Å². The summed E-state index contributed by atoms with van der Waals surface area (Å²) in [4.78, 5) is 6.83. The molecule has 4 rings (SSSR count). The lowest BCUT2D eigenvalue weighted by molar-refractivity contribution is -0.200. The Kier molecular flexibility index (Phi) is 4.03. The summed E-state index contributed by atoms with van der Waals surface area (Å²) < 4.78 is 17.6. The molecular formula is C17H24N2O3. The predicted octanol–water partition coefficient (Wildman–Crippen LogP) is 1.87. The van der Waals surface area contributed by atoms with Gasteiger partial charge in [-0.3, -0.25) is 4.90 Å². The van der Waals surface area contributed by atoms with Gasteiger partial charge in [-0.2, -0.15) is 0 Å². The molecular weight excluding hydrogens is 280 g/mol. The summed E-state index contributed by atoms with van der Waals surface area (Å²) in [7, 11) is 0. The van der Waals surface area contributed by atoms with Crippen LogP contribution in [0.25, 0.3) is 0 Å². The van der Waals surface area contributed by atoms with Crippen LogP contribution >= 0.6 is 0 Å². The summed E-state index contributed by atoms with van der Waals surface area (Å²) in [6, 6.07) is 6.49. The minimum Gasteiger partial charge on any atom is -0.474 e. The molecule has 5 nitrogen and oxygen atoms in total. The monoisotopic (exact) mass is 304 g/mol. The first-order valence-electron chi connectivity index (χ1n) is 8.36. The molecule has 0 amide bonds. The zero-order valence-corrected chi connectivity index (χ0v) is 12.9. The van der Waals surface area contributed by atoms with Gasteiger partial charge in [-0.1, -0.05) is 6.07 Å². The SMILES string of the molecule is c1ccc(O[C@@H]2CCOC3(C2)CN(C2CCOCC2)C3)nc1. The minimum absolute atomic E-state index is 0.00992. The van der Waals surface area contributed by atoms with Gasteiger partial charge in [0.05, 0.1) is 12.2 Å². The van der Waals surface area contributed by atoms with Crippen LogP contribution < -0.4 is 4.74 Å². The van der Waals surface area contributed by atoms with Gasteiger partial charge in [0, 0.05) is 57.4 Å². The molecule has 22 heavy (non-hydrogen) atoms. The normalized spacial score (nSPS) is 29.2. The third-order valence-corrected chi connectivity index (χ3v) is 5.06. The van der Waals surface area contributed by atoms with Crippen molar-refractivity contribution >= 4 is 0 Å². The molecule has 3 saturated heterocycles. The van der Waals surface area contributed by atoms with Crippen molar-refractivity contribution in [3.05, 3.63) is 24.4 Å². The van der Waals surface area contributed by atoms with Crippen molar-refractivity contribution in [3.63, 3.8) is 0 Å². The highest BCUT2D eigenvalue weighted by Crippen LogP contribution is 2.37. The van der Waals surface area contributed by atoms with Crippen LogP contribution in [-0.2, 0) is 9.47 Å². The Bertz CT molecular complexity index is 484. The van der Waals surface area contributed by atoms with Crippen LogP contribution in [0, 0.1) is 0 Å². The van der Waals surface area contributed by atoms with Gasteiger partial charge in [-0.25, -0.2) is 4.98 Å². The number of aromatic nitrogens is 1. The average Bonchev–Trinajstić information content (AvgIpc) is 2.54. The molecule has 1 spiro atoms. The number of hydrogen-bond donors (Lipinski definition) is 0. The smallest absolute Gasteiger partial charge is 0.213 e. The molecule has 0 N–H and O–H groups in total. The van der Waals surface area contributed by atoms with Crippen molar-refractivity contribution < 1.29 is 14.2 Å². The summed E-state index contributed by atoms with van der Waals surface area (Å²) >= 11 is 0. The van der Waals surface area contributed by atoms with Crippen LogP contribution in [-0.4, -0.2) is 60.5 Å². The first-order chi connectivity index (χ1) is 10.8. The summed E-state index contributed by atoms with van der Waals surface area (Å²) in [6.45, 7) is 4.68. The van der Waals surface area contributed by atoms with E-state index in [1.54, 1.807) is 6.20 Å². The highest BCUT2D eigenvalue weighted by molar-refractivity contribution is 5.11. The van der Waals surface area contributed by atoms with Gasteiger partial charge < -0.3 is 14.2 Å². The topological polar surface area (TPSA) is 43.8 Å². The molecule has 0 aromatic carbocycles. The van der Waals surface area contributed by atoms with E-state index in [1.165, 1.54) is 0 Å². The van der Waals surface area contributed by atoms with E-state index in [2.05, 4.69) is 9.88 Å². The Balaban J connectivity index is 1.32. The molecule has 0 bridgehead atoms. The zero-order valence-electron chi connectivity index (χ0n) is 12.9. The van der Waals surface area contributed by atoms with Gasteiger partial charge in [0.15, 0.2) is 0 Å². The summed E-state index contributed by atoms with van der Waals surface area (Å²) in [5.41, 5.74) is 0.00992. The van der Waals surface area contributed by atoms with Crippen LogP contribution in [0.2, 0.25) is 0 Å². The lowest BCUT2D eigenvalue weighted by atomic mass is 9.82. The number of likely N-dealkylation sites (tertiary alicyclic amines) is 1. The summed E-state index contributed by atoms with van der Waals surface area (Å²) in [5.74, 6) is 0.727. The van der Waals surface area contributed by atoms with Gasteiger partial charge in [0.1, 0.15) is 6.10 Å². The van der Waals surface area contributed by atoms with E-state index in [0.717, 1.165) is 64.5 Å². The zero-order chi connectivity index (χ0) is 14.8. The van der Waals surface area contributed by atoms with Gasteiger partial charge in [0.2, 0.25) is 5.88 Å². The highest BCUT2D eigenvalue weighted by Gasteiger charge is 2.50. The molecule has 3 fully saturated rings. The molecule has 1 aromatic heterocycles. The number of hydrogen-bond acceptors (Lipinski definition) is 5. The molecule has 120 valence electrons. The van der Waals surface area contributed by atoms with Crippen molar-refractivity contribution in [1.29, 1.82) is 0 Å². The minimum atomic E-state index is 0.00992. The van der Waals surface area contributed by atoms with Crippen molar-refractivity contribution in [3.8, 4) is 5.88 Å². The van der Waals surface area contributed by atoms with Gasteiger partial charge in [0.25, 0.3) is 0 Å². The fraction of sp³-hybridized carbons (Fsp3) is 0.706. The van der Waals surface area contributed by atoms with Crippen LogP contribution in [0.1, 0.15) is 25.7 Å². The molecule has 0 radical (unpaired) electrons. The fourth-order valence-electron chi connectivity index (χ4n) is 3.89. The second-order valence-electron chi connectivity index (χ2n) is 6.68. The quantitative estimate of drug-likeness (QED) is 0.853. The van der Waals surface area contributed by atoms with Crippen molar-refractivity contribution in [2.24, 2.45) is 0 Å². The number of nitrogens with zero attached hydrogens (tertiary/aromatic N) is 2. The molecule has 1 aromatic rings. The van der Waals surface area contributed by atoms with Crippen LogP contribution in [0.15, 0.2) is 24.4 Å². The maximum absolute atomic E-state index is 6.12. The molecule has 3 aliphatic heterocycles. The third-order valence-electron chi connectivity index (χ3n) is 5.06. The first-order valence-corrected chi connectivity index (χ1v) is 8.36. The maximum Gasteiger partial charge on any atom is 0.213 e. The van der Waals surface area contributed by atoms with Crippen LogP contribution in [0.4, 0.5) is 0 Å². The van der Waals surface area contributed by atoms with E-state index in [4.69, 9.17) is 14.2 Å². The largest absolute Gasteiger partial charge is 0.474 e. The van der Waals surface area contributed by atoms with E-state index in [9.17, 15) is 0 Å². The maximum atomic E-state index is 6.12. The van der Waals surface area contributed by atoms with E-state index < -0.39 is 0 Å². The highest BCUT2D eigenvalue weighted by atomic mass is 16.5. The lowest BCUT2D eigenvalue weighted by Crippen LogP contribution is -2.68.